The SMILES string of the molecule is CCOc1cccc2sc(N(Cc3ccccc3)C(=O)Cn3cnc(C)c(C)c3=O)nc12. The fraction of sp³-hybridized carbons (Fsp3) is 0.250. The molecule has 0 N–H and O–H groups in total. The van der Waals surface area contributed by atoms with E-state index >= 15 is 0 Å². The molecule has 0 saturated heterocycles. The molecule has 0 aliphatic rings. The van der Waals surface area contributed by atoms with Crippen LogP contribution in [0.4, 0.5) is 5.13 Å². The van der Waals surface area contributed by atoms with Gasteiger partial charge in [0.25, 0.3) is 5.56 Å². The largest absolute Gasteiger partial charge is 0.492 e. The van der Waals surface area contributed by atoms with Crippen LogP contribution in [0.15, 0.2) is 59.7 Å². The van der Waals surface area contributed by atoms with Gasteiger partial charge in [-0.3, -0.25) is 19.1 Å². The first kappa shape index (κ1) is 21.7. The van der Waals surface area contributed by atoms with E-state index in [0.717, 1.165) is 15.8 Å². The van der Waals surface area contributed by atoms with Crippen LogP contribution in [0.3, 0.4) is 0 Å². The van der Waals surface area contributed by atoms with E-state index in [0.29, 0.717) is 35.3 Å². The molecule has 0 fully saturated rings. The van der Waals surface area contributed by atoms with Crippen LogP contribution in [-0.4, -0.2) is 27.0 Å². The van der Waals surface area contributed by atoms with E-state index in [-0.39, 0.29) is 18.0 Å². The number of thiazole rings is 1. The summed E-state index contributed by atoms with van der Waals surface area (Å²) in [5, 5.41) is 0.561. The van der Waals surface area contributed by atoms with Gasteiger partial charge in [0.15, 0.2) is 5.13 Å². The minimum Gasteiger partial charge on any atom is -0.492 e. The lowest BCUT2D eigenvalue weighted by Crippen LogP contribution is -2.37. The second kappa shape index (κ2) is 9.32. The summed E-state index contributed by atoms with van der Waals surface area (Å²) in [4.78, 5) is 36.7. The van der Waals surface area contributed by atoms with Gasteiger partial charge in [-0.25, -0.2) is 9.97 Å². The highest BCUT2D eigenvalue weighted by Crippen LogP contribution is 2.35. The number of hydrogen-bond acceptors (Lipinski definition) is 6. The van der Waals surface area contributed by atoms with E-state index in [1.165, 1.54) is 22.2 Å². The number of nitrogens with zero attached hydrogens (tertiary/aromatic N) is 4. The van der Waals surface area contributed by atoms with Gasteiger partial charge in [-0.15, -0.1) is 0 Å². The Balaban J connectivity index is 1.73. The molecule has 32 heavy (non-hydrogen) atoms. The minimum absolute atomic E-state index is 0.117. The van der Waals surface area contributed by atoms with Crippen LogP contribution < -0.4 is 15.2 Å². The van der Waals surface area contributed by atoms with Gasteiger partial charge >= 0.3 is 0 Å². The average molecular weight is 449 g/mol. The number of rotatable bonds is 7. The Morgan fingerprint density at radius 2 is 1.91 bits per heavy atom. The van der Waals surface area contributed by atoms with Gasteiger partial charge in [0, 0.05) is 11.3 Å². The summed E-state index contributed by atoms with van der Waals surface area (Å²) in [5.41, 5.74) is 2.68. The highest BCUT2D eigenvalue weighted by Gasteiger charge is 2.22. The van der Waals surface area contributed by atoms with Crippen LogP contribution in [0, 0.1) is 13.8 Å². The summed E-state index contributed by atoms with van der Waals surface area (Å²) in [6, 6.07) is 15.5. The Hall–Kier alpha value is -3.52. The van der Waals surface area contributed by atoms with Crippen molar-refractivity contribution in [3.05, 3.63) is 82.0 Å². The number of fused-ring (bicyclic) bond motifs is 1. The molecule has 7 nitrogen and oxygen atoms in total. The first-order valence-corrected chi connectivity index (χ1v) is 11.2. The zero-order chi connectivity index (χ0) is 22.7. The summed E-state index contributed by atoms with van der Waals surface area (Å²) in [5.74, 6) is 0.451. The molecule has 0 bridgehead atoms. The Morgan fingerprint density at radius 3 is 2.66 bits per heavy atom. The van der Waals surface area contributed by atoms with Gasteiger partial charge in [-0.1, -0.05) is 47.7 Å². The fourth-order valence-corrected chi connectivity index (χ4v) is 4.35. The van der Waals surface area contributed by atoms with Crippen LogP contribution in [0.2, 0.25) is 0 Å². The summed E-state index contributed by atoms with van der Waals surface area (Å²) in [6.07, 6.45) is 1.43. The third-order valence-electron chi connectivity index (χ3n) is 5.21. The number of aromatic nitrogens is 3. The van der Waals surface area contributed by atoms with E-state index < -0.39 is 0 Å². The minimum atomic E-state index is -0.238. The van der Waals surface area contributed by atoms with Crippen LogP contribution in [0.5, 0.6) is 5.75 Å². The number of hydrogen-bond donors (Lipinski definition) is 0. The zero-order valence-corrected chi connectivity index (χ0v) is 19.1. The first-order valence-electron chi connectivity index (χ1n) is 10.4. The van der Waals surface area contributed by atoms with Gasteiger partial charge < -0.3 is 4.74 Å². The normalized spacial score (nSPS) is 11.0. The molecule has 1 amide bonds. The van der Waals surface area contributed by atoms with Crippen molar-refractivity contribution in [1.82, 2.24) is 14.5 Å². The van der Waals surface area contributed by atoms with Crippen LogP contribution >= 0.6 is 11.3 Å². The Labute approximate surface area is 189 Å². The molecular formula is C24H24N4O3S. The lowest BCUT2D eigenvalue weighted by Gasteiger charge is -2.20. The van der Waals surface area contributed by atoms with Gasteiger partial charge in [0.05, 0.1) is 24.2 Å². The fourth-order valence-electron chi connectivity index (χ4n) is 3.35. The molecule has 8 heteroatoms. The summed E-state index contributed by atoms with van der Waals surface area (Å²) in [6.45, 7) is 6.18. The second-order valence-corrected chi connectivity index (χ2v) is 8.39. The molecule has 0 unspecified atom stereocenters. The van der Waals surface area contributed by atoms with Crippen molar-refractivity contribution in [3.63, 3.8) is 0 Å². The maximum absolute atomic E-state index is 13.4. The van der Waals surface area contributed by atoms with Crippen molar-refractivity contribution < 1.29 is 9.53 Å². The quantitative estimate of drug-likeness (QED) is 0.425. The van der Waals surface area contributed by atoms with Crippen LogP contribution in [0.25, 0.3) is 10.2 Å². The van der Waals surface area contributed by atoms with Crippen molar-refractivity contribution in [1.29, 1.82) is 0 Å². The number of ether oxygens (including phenoxy) is 1. The number of amides is 1. The van der Waals surface area contributed by atoms with E-state index in [2.05, 4.69) is 4.98 Å². The molecule has 0 atom stereocenters. The molecule has 0 saturated carbocycles. The number of benzene rings is 2. The summed E-state index contributed by atoms with van der Waals surface area (Å²) in [7, 11) is 0. The number of carbonyl (C=O) groups excluding carboxylic acids is 1. The molecule has 0 aliphatic carbocycles. The van der Waals surface area contributed by atoms with Gasteiger partial charge in [-0.2, -0.15) is 0 Å². The van der Waals surface area contributed by atoms with Crippen molar-refractivity contribution in [2.24, 2.45) is 0 Å². The lowest BCUT2D eigenvalue weighted by molar-refractivity contribution is -0.119. The van der Waals surface area contributed by atoms with Crippen LogP contribution in [0.1, 0.15) is 23.7 Å². The topological polar surface area (TPSA) is 77.3 Å². The molecule has 2 aromatic carbocycles. The molecule has 164 valence electrons. The maximum Gasteiger partial charge on any atom is 0.256 e. The summed E-state index contributed by atoms with van der Waals surface area (Å²) >= 11 is 1.42. The van der Waals surface area contributed by atoms with E-state index in [9.17, 15) is 9.59 Å². The van der Waals surface area contributed by atoms with E-state index in [4.69, 9.17) is 9.72 Å². The molecule has 0 aliphatic heterocycles. The maximum atomic E-state index is 13.4. The molecule has 0 spiro atoms. The monoisotopic (exact) mass is 448 g/mol. The predicted octanol–water partition coefficient (Wildman–Crippen LogP) is 4.10. The molecule has 0 radical (unpaired) electrons. The molecular weight excluding hydrogens is 424 g/mol. The van der Waals surface area contributed by atoms with Crippen LogP contribution in [-0.2, 0) is 17.9 Å². The average Bonchev–Trinajstić information content (AvgIpc) is 3.23. The highest BCUT2D eigenvalue weighted by molar-refractivity contribution is 7.22. The van der Waals surface area contributed by atoms with Crippen molar-refractivity contribution >= 4 is 32.6 Å². The molecule has 4 aromatic rings. The predicted molar refractivity (Wildman–Crippen MR) is 126 cm³/mol. The molecule has 4 rings (SSSR count). The van der Waals surface area contributed by atoms with E-state index in [1.54, 1.807) is 18.7 Å². The lowest BCUT2D eigenvalue weighted by atomic mass is 10.2. The van der Waals surface area contributed by atoms with Crippen molar-refractivity contribution in [2.75, 3.05) is 11.5 Å². The van der Waals surface area contributed by atoms with Crippen molar-refractivity contribution in [2.45, 2.75) is 33.9 Å². The number of anilines is 1. The Kier molecular flexibility index (Phi) is 6.32. The standard InChI is InChI=1S/C24H24N4O3S/c1-4-31-19-11-8-12-20-22(19)26-24(32-20)28(13-18-9-6-5-7-10-18)21(29)14-27-15-25-17(3)16(2)23(27)30/h5-12,15H,4,13-14H2,1-3H3. The molecule has 2 heterocycles. The second-order valence-electron chi connectivity index (χ2n) is 7.39. The van der Waals surface area contributed by atoms with Crippen molar-refractivity contribution in [3.8, 4) is 5.75 Å². The van der Waals surface area contributed by atoms with Gasteiger partial charge in [0.2, 0.25) is 5.91 Å². The number of aryl methyl sites for hydroxylation is 1. The first-order chi connectivity index (χ1) is 15.5. The third-order valence-corrected chi connectivity index (χ3v) is 6.25. The molecule has 2 aromatic heterocycles. The van der Waals surface area contributed by atoms with E-state index in [1.807, 2.05) is 55.5 Å². The zero-order valence-electron chi connectivity index (χ0n) is 18.2. The van der Waals surface area contributed by atoms with Gasteiger partial charge in [0.1, 0.15) is 17.8 Å². The summed E-state index contributed by atoms with van der Waals surface area (Å²) < 4.78 is 7.99. The Morgan fingerprint density at radius 1 is 1.12 bits per heavy atom. The number of carbonyl (C=O) groups is 1. The third kappa shape index (κ3) is 4.40. The smallest absolute Gasteiger partial charge is 0.256 e. The Bertz CT molecular complexity index is 1310. The number of para-hydroxylation sites is 1. The highest BCUT2D eigenvalue weighted by atomic mass is 32.1. The van der Waals surface area contributed by atoms with Gasteiger partial charge in [-0.05, 0) is 38.5 Å².